The Balaban J connectivity index is 1.48. The highest BCUT2D eigenvalue weighted by molar-refractivity contribution is 6.33. The standard InChI is InChI=1S/C20H20ClN3O2/c1-24(12-11-20(25)22-18-10-6-5-9-17(18)21)14-16-13-19(23-26-16)15-7-3-2-4-8-15/h2-10,13H,11-12,14H2,1H3,(H,22,25). The van der Waals surface area contributed by atoms with Crippen LogP contribution in [-0.4, -0.2) is 29.6 Å². The number of hydrogen-bond donors (Lipinski definition) is 1. The summed E-state index contributed by atoms with van der Waals surface area (Å²) in [6, 6.07) is 19.0. The van der Waals surface area contributed by atoms with Crippen LogP contribution >= 0.6 is 11.6 Å². The maximum Gasteiger partial charge on any atom is 0.225 e. The summed E-state index contributed by atoms with van der Waals surface area (Å²) >= 11 is 6.05. The number of para-hydroxylation sites is 1. The molecule has 0 saturated carbocycles. The van der Waals surface area contributed by atoms with Crippen LogP contribution in [0.4, 0.5) is 5.69 Å². The molecule has 0 spiro atoms. The molecule has 0 aliphatic heterocycles. The first-order chi connectivity index (χ1) is 12.6. The highest BCUT2D eigenvalue weighted by Gasteiger charge is 2.11. The Morgan fingerprint density at radius 1 is 1.15 bits per heavy atom. The molecule has 1 heterocycles. The van der Waals surface area contributed by atoms with Gasteiger partial charge in [-0.1, -0.05) is 59.2 Å². The van der Waals surface area contributed by atoms with E-state index in [1.165, 1.54) is 0 Å². The zero-order chi connectivity index (χ0) is 18.4. The molecule has 1 N–H and O–H groups in total. The number of benzene rings is 2. The van der Waals surface area contributed by atoms with Gasteiger partial charge in [-0.2, -0.15) is 0 Å². The summed E-state index contributed by atoms with van der Waals surface area (Å²) in [4.78, 5) is 14.1. The van der Waals surface area contributed by atoms with Crippen molar-refractivity contribution in [3.8, 4) is 11.3 Å². The average molecular weight is 370 g/mol. The lowest BCUT2D eigenvalue weighted by molar-refractivity contribution is -0.116. The van der Waals surface area contributed by atoms with Crippen LogP contribution in [0.3, 0.4) is 0 Å². The van der Waals surface area contributed by atoms with Crippen LogP contribution in [0, 0.1) is 0 Å². The molecule has 0 fully saturated rings. The van der Waals surface area contributed by atoms with E-state index in [1.54, 1.807) is 12.1 Å². The number of rotatable bonds is 7. The van der Waals surface area contributed by atoms with Crippen molar-refractivity contribution >= 4 is 23.2 Å². The van der Waals surface area contributed by atoms with Gasteiger partial charge in [0.1, 0.15) is 5.69 Å². The summed E-state index contributed by atoms with van der Waals surface area (Å²) in [6.07, 6.45) is 0.363. The van der Waals surface area contributed by atoms with Gasteiger partial charge in [-0.15, -0.1) is 0 Å². The van der Waals surface area contributed by atoms with Crippen LogP contribution in [0.2, 0.25) is 5.02 Å². The summed E-state index contributed by atoms with van der Waals surface area (Å²) in [5, 5.41) is 7.46. The SMILES string of the molecule is CN(CCC(=O)Nc1ccccc1Cl)Cc1cc(-c2ccccc2)no1. The van der Waals surface area contributed by atoms with Gasteiger partial charge in [0.05, 0.1) is 17.3 Å². The maximum atomic E-state index is 12.1. The lowest BCUT2D eigenvalue weighted by Gasteiger charge is -2.14. The lowest BCUT2D eigenvalue weighted by Crippen LogP contribution is -2.23. The number of hydrogen-bond acceptors (Lipinski definition) is 4. The third-order valence-corrected chi connectivity index (χ3v) is 4.25. The van der Waals surface area contributed by atoms with Crippen molar-refractivity contribution in [1.82, 2.24) is 10.1 Å². The monoisotopic (exact) mass is 369 g/mol. The topological polar surface area (TPSA) is 58.4 Å². The first kappa shape index (κ1) is 18.2. The van der Waals surface area contributed by atoms with E-state index in [2.05, 4.69) is 10.5 Å². The van der Waals surface area contributed by atoms with E-state index in [9.17, 15) is 4.79 Å². The molecule has 0 atom stereocenters. The number of anilines is 1. The third kappa shape index (κ3) is 4.94. The number of aromatic nitrogens is 1. The quantitative estimate of drug-likeness (QED) is 0.668. The van der Waals surface area contributed by atoms with E-state index in [4.69, 9.17) is 16.1 Å². The van der Waals surface area contributed by atoms with Crippen LogP contribution in [0.25, 0.3) is 11.3 Å². The van der Waals surface area contributed by atoms with Crippen LogP contribution in [0.1, 0.15) is 12.2 Å². The summed E-state index contributed by atoms with van der Waals surface area (Å²) in [7, 11) is 1.94. The van der Waals surface area contributed by atoms with Gasteiger partial charge < -0.3 is 9.84 Å². The fourth-order valence-corrected chi connectivity index (χ4v) is 2.73. The molecule has 3 rings (SSSR count). The highest BCUT2D eigenvalue weighted by atomic mass is 35.5. The molecule has 0 radical (unpaired) electrons. The van der Waals surface area contributed by atoms with Crippen molar-refractivity contribution in [2.24, 2.45) is 0 Å². The van der Waals surface area contributed by atoms with Crippen LogP contribution in [0.15, 0.2) is 65.2 Å². The van der Waals surface area contributed by atoms with Crippen molar-refractivity contribution < 1.29 is 9.32 Å². The first-order valence-electron chi connectivity index (χ1n) is 8.36. The molecule has 0 saturated heterocycles. The minimum absolute atomic E-state index is 0.0764. The first-order valence-corrected chi connectivity index (χ1v) is 8.73. The van der Waals surface area contributed by atoms with Gasteiger partial charge in [-0.3, -0.25) is 9.69 Å². The van der Waals surface area contributed by atoms with Gasteiger partial charge >= 0.3 is 0 Å². The minimum Gasteiger partial charge on any atom is -0.359 e. The lowest BCUT2D eigenvalue weighted by atomic mass is 10.1. The van der Waals surface area contributed by atoms with Gasteiger partial charge in [-0.05, 0) is 19.2 Å². The van der Waals surface area contributed by atoms with Crippen molar-refractivity contribution in [3.05, 3.63) is 71.4 Å². The minimum atomic E-state index is -0.0764. The largest absolute Gasteiger partial charge is 0.359 e. The molecule has 1 aromatic heterocycles. The molecule has 0 aliphatic carbocycles. The summed E-state index contributed by atoms with van der Waals surface area (Å²) in [5.41, 5.74) is 2.46. The van der Waals surface area contributed by atoms with Crippen molar-refractivity contribution in [3.63, 3.8) is 0 Å². The molecule has 2 aromatic carbocycles. The van der Waals surface area contributed by atoms with Crippen LogP contribution in [-0.2, 0) is 11.3 Å². The van der Waals surface area contributed by atoms with Gasteiger partial charge in [0.15, 0.2) is 5.76 Å². The van der Waals surface area contributed by atoms with E-state index < -0.39 is 0 Å². The Labute approximate surface area is 157 Å². The van der Waals surface area contributed by atoms with E-state index in [0.29, 0.717) is 30.2 Å². The molecule has 5 nitrogen and oxygen atoms in total. The van der Waals surface area contributed by atoms with Crippen molar-refractivity contribution in [2.45, 2.75) is 13.0 Å². The van der Waals surface area contributed by atoms with Gasteiger partial charge in [0, 0.05) is 24.6 Å². The third-order valence-electron chi connectivity index (χ3n) is 3.92. The van der Waals surface area contributed by atoms with E-state index in [1.807, 2.05) is 60.5 Å². The number of carbonyl (C=O) groups excluding carboxylic acids is 1. The molecular formula is C20H20ClN3O2. The van der Waals surface area contributed by atoms with E-state index in [-0.39, 0.29) is 5.91 Å². The molecule has 0 unspecified atom stereocenters. The van der Waals surface area contributed by atoms with Crippen LogP contribution in [0.5, 0.6) is 0 Å². The Hall–Kier alpha value is -2.63. The summed E-state index contributed by atoms with van der Waals surface area (Å²) in [5.74, 6) is 0.686. The molecule has 0 aliphatic rings. The Bertz CT molecular complexity index is 864. The highest BCUT2D eigenvalue weighted by Crippen LogP contribution is 2.21. The number of amides is 1. The molecular weight excluding hydrogens is 350 g/mol. The second-order valence-electron chi connectivity index (χ2n) is 6.06. The van der Waals surface area contributed by atoms with E-state index >= 15 is 0 Å². The summed E-state index contributed by atoms with van der Waals surface area (Å²) in [6.45, 7) is 1.18. The fraction of sp³-hybridized carbons (Fsp3) is 0.200. The van der Waals surface area contributed by atoms with Crippen LogP contribution < -0.4 is 5.32 Å². The molecule has 1 amide bonds. The Morgan fingerprint density at radius 2 is 1.88 bits per heavy atom. The Kier molecular flexibility index (Phi) is 6.04. The predicted octanol–water partition coefficient (Wildman–Crippen LogP) is 4.46. The zero-order valence-corrected chi connectivity index (χ0v) is 15.2. The molecule has 0 bridgehead atoms. The summed E-state index contributed by atoms with van der Waals surface area (Å²) < 4.78 is 5.40. The second kappa shape index (κ2) is 8.65. The van der Waals surface area contributed by atoms with Gasteiger partial charge in [0.2, 0.25) is 5.91 Å². The second-order valence-corrected chi connectivity index (χ2v) is 6.47. The predicted molar refractivity (Wildman–Crippen MR) is 103 cm³/mol. The van der Waals surface area contributed by atoms with Gasteiger partial charge in [0.25, 0.3) is 0 Å². The maximum absolute atomic E-state index is 12.1. The number of halogens is 1. The van der Waals surface area contributed by atoms with Crippen molar-refractivity contribution in [2.75, 3.05) is 18.9 Å². The average Bonchev–Trinajstić information content (AvgIpc) is 3.11. The Morgan fingerprint density at radius 3 is 2.65 bits per heavy atom. The number of nitrogens with one attached hydrogen (secondary N) is 1. The zero-order valence-electron chi connectivity index (χ0n) is 14.5. The molecule has 26 heavy (non-hydrogen) atoms. The normalized spacial score (nSPS) is 10.9. The number of nitrogens with zero attached hydrogens (tertiary/aromatic N) is 2. The van der Waals surface area contributed by atoms with Gasteiger partial charge in [-0.25, -0.2) is 0 Å². The fourth-order valence-electron chi connectivity index (χ4n) is 2.55. The van der Waals surface area contributed by atoms with E-state index in [0.717, 1.165) is 17.0 Å². The van der Waals surface area contributed by atoms with Crippen molar-refractivity contribution in [1.29, 1.82) is 0 Å². The molecule has 6 heteroatoms. The molecule has 3 aromatic rings. The number of carbonyl (C=O) groups is 1. The molecule has 134 valence electrons. The smallest absolute Gasteiger partial charge is 0.225 e.